The van der Waals surface area contributed by atoms with Gasteiger partial charge in [0.2, 0.25) is 0 Å². The van der Waals surface area contributed by atoms with Gasteiger partial charge in [-0.1, -0.05) is 24.3 Å². The van der Waals surface area contributed by atoms with Gasteiger partial charge in [0, 0.05) is 38.4 Å². The van der Waals surface area contributed by atoms with Crippen LogP contribution in [0.4, 0.5) is 0 Å². The Morgan fingerprint density at radius 3 is 2.67 bits per heavy atom. The molecule has 0 bridgehead atoms. The van der Waals surface area contributed by atoms with Crippen LogP contribution >= 0.6 is 0 Å². The second kappa shape index (κ2) is 10.3. The van der Waals surface area contributed by atoms with Crippen LogP contribution in [0.3, 0.4) is 0 Å². The van der Waals surface area contributed by atoms with Crippen molar-refractivity contribution in [3.63, 3.8) is 0 Å². The summed E-state index contributed by atoms with van der Waals surface area (Å²) in [5.74, 6) is 1.79. The molecule has 1 N–H and O–H groups in total. The summed E-state index contributed by atoms with van der Waals surface area (Å²) in [5, 5.41) is 3.32. The highest BCUT2D eigenvalue weighted by Crippen LogP contribution is 2.07. The molecule has 5 heteroatoms. The maximum absolute atomic E-state index is 5.74. The minimum atomic E-state index is 0.616. The number of pyridine rings is 1. The third kappa shape index (κ3) is 6.28. The minimum Gasteiger partial charge on any atom is -0.492 e. The van der Waals surface area contributed by atoms with Crippen molar-refractivity contribution < 1.29 is 4.74 Å². The molecule has 0 amide bonds. The quantitative estimate of drug-likeness (QED) is 0.598. The first kappa shape index (κ1) is 17.8. The summed E-state index contributed by atoms with van der Waals surface area (Å²) in [5.41, 5.74) is 1.06. The number of rotatable bonds is 8. The highest BCUT2D eigenvalue weighted by Gasteiger charge is 2.05. The Morgan fingerprint density at radius 2 is 1.96 bits per heavy atom. The topological polar surface area (TPSA) is 49.8 Å². The molecule has 2 aromatic rings. The fraction of sp³-hybridized carbons (Fsp3) is 0.368. The molecule has 0 aliphatic carbocycles. The fourth-order valence-electron chi connectivity index (χ4n) is 2.22. The van der Waals surface area contributed by atoms with Crippen LogP contribution in [0.15, 0.2) is 59.7 Å². The number of para-hydroxylation sites is 1. The Morgan fingerprint density at radius 1 is 1.17 bits per heavy atom. The van der Waals surface area contributed by atoms with Crippen LogP contribution in [-0.2, 0) is 6.42 Å². The lowest BCUT2D eigenvalue weighted by Crippen LogP contribution is -2.41. The van der Waals surface area contributed by atoms with Gasteiger partial charge in [-0.25, -0.2) is 0 Å². The van der Waals surface area contributed by atoms with Gasteiger partial charge in [0.05, 0.1) is 6.54 Å². The summed E-state index contributed by atoms with van der Waals surface area (Å²) in [6.45, 7) is 5.01. The van der Waals surface area contributed by atoms with E-state index in [1.54, 1.807) is 0 Å². The van der Waals surface area contributed by atoms with E-state index in [0.717, 1.165) is 36.9 Å². The molecule has 5 nitrogen and oxygen atoms in total. The molecule has 0 saturated carbocycles. The zero-order chi connectivity index (χ0) is 17.0. The van der Waals surface area contributed by atoms with Crippen LogP contribution in [0.2, 0.25) is 0 Å². The molecular formula is C19H26N4O. The molecule has 0 unspecified atom stereocenters. The second-order valence-corrected chi connectivity index (χ2v) is 5.39. The lowest BCUT2D eigenvalue weighted by Gasteiger charge is -2.22. The van der Waals surface area contributed by atoms with E-state index < -0.39 is 0 Å². The molecule has 0 fully saturated rings. The van der Waals surface area contributed by atoms with Crippen LogP contribution < -0.4 is 10.1 Å². The fourth-order valence-corrected chi connectivity index (χ4v) is 2.22. The van der Waals surface area contributed by atoms with Gasteiger partial charge in [0.25, 0.3) is 0 Å². The molecule has 0 radical (unpaired) electrons. The van der Waals surface area contributed by atoms with Crippen molar-refractivity contribution in [1.29, 1.82) is 0 Å². The molecule has 1 aromatic carbocycles. The molecule has 0 aliphatic heterocycles. The minimum absolute atomic E-state index is 0.616. The number of guanidine groups is 1. The van der Waals surface area contributed by atoms with Gasteiger partial charge >= 0.3 is 0 Å². The van der Waals surface area contributed by atoms with Gasteiger partial charge in [-0.2, -0.15) is 0 Å². The highest BCUT2D eigenvalue weighted by molar-refractivity contribution is 5.79. The van der Waals surface area contributed by atoms with E-state index in [1.807, 2.05) is 61.8 Å². The van der Waals surface area contributed by atoms with Crippen molar-refractivity contribution in [2.75, 3.05) is 33.3 Å². The van der Waals surface area contributed by atoms with Crippen molar-refractivity contribution in [3.05, 3.63) is 60.4 Å². The zero-order valence-electron chi connectivity index (χ0n) is 14.5. The molecule has 0 aliphatic rings. The predicted octanol–water partition coefficient (Wildman–Crippen LogP) is 2.60. The summed E-state index contributed by atoms with van der Waals surface area (Å²) >= 11 is 0. The standard InChI is InChI=1S/C19H26N4O/c1-3-20-19(22-14-12-17-9-7-8-13-21-17)23(2)15-16-24-18-10-5-4-6-11-18/h4-11,13H,3,12,14-16H2,1-2H3,(H,20,22). The van der Waals surface area contributed by atoms with E-state index in [4.69, 9.17) is 4.74 Å². The monoisotopic (exact) mass is 326 g/mol. The van der Waals surface area contributed by atoms with Crippen LogP contribution in [-0.4, -0.2) is 49.1 Å². The molecular weight excluding hydrogens is 300 g/mol. The third-order valence-corrected chi connectivity index (χ3v) is 3.49. The summed E-state index contributed by atoms with van der Waals surface area (Å²) < 4.78 is 5.74. The summed E-state index contributed by atoms with van der Waals surface area (Å²) in [7, 11) is 2.02. The van der Waals surface area contributed by atoms with Crippen molar-refractivity contribution in [1.82, 2.24) is 15.2 Å². The van der Waals surface area contributed by atoms with Gasteiger partial charge in [0.15, 0.2) is 5.96 Å². The lowest BCUT2D eigenvalue weighted by molar-refractivity contribution is 0.281. The first-order valence-electron chi connectivity index (χ1n) is 8.37. The van der Waals surface area contributed by atoms with E-state index in [-0.39, 0.29) is 0 Å². The number of hydrogen-bond acceptors (Lipinski definition) is 3. The molecule has 0 spiro atoms. The molecule has 128 valence electrons. The van der Waals surface area contributed by atoms with Crippen LogP contribution in [0.1, 0.15) is 12.6 Å². The van der Waals surface area contributed by atoms with Crippen LogP contribution in [0, 0.1) is 0 Å². The largest absolute Gasteiger partial charge is 0.492 e. The van der Waals surface area contributed by atoms with Crippen LogP contribution in [0.25, 0.3) is 0 Å². The number of ether oxygens (including phenoxy) is 1. The Labute approximate surface area is 144 Å². The number of hydrogen-bond donors (Lipinski definition) is 1. The molecule has 0 atom stereocenters. The van der Waals surface area contributed by atoms with Gasteiger partial charge in [-0.15, -0.1) is 0 Å². The Kier molecular flexibility index (Phi) is 7.60. The van der Waals surface area contributed by atoms with Crippen molar-refractivity contribution >= 4 is 5.96 Å². The molecule has 2 rings (SSSR count). The maximum Gasteiger partial charge on any atom is 0.193 e. The molecule has 0 saturated heterocycles. The van der Waals surface area contributed by atoms with Crippen LogP contribution in [0.5, 0.6) is 5.75 Å². The summed E-state index contributed by atoms with van der Waals surface area (Å²) in [6.07, 6.45) is 2.65. The Hall–Kier alpha value is -2.56. The van der Waals surface area contributed by atoms with Gasteiger partial charge in [-0.3, -0.25) is 9.98 Å². The summed E-state index contributed by atoms with van der Waals surface area (Å²) in [4.78, 5) is 11.1. The smallest absolute Gasteiger partial charge is 0.193 e. The molecule has 1 heterocycles. The number of nitrogens with one attached hydrogen (secondary N) is 1. The number of aromatic nitrogens is 1. The van der Waals surface area contributed by atoms with E-state index >= 15 is 0 Å². The first-order valence-corrected chi connectivity index (χ1v) is 8.37. The summed E-state index contributed by atoms with van der Waals surface area (Å²) in [6, 6.07) is 15.8. The van der Waals surface area contributed by atoms with E-state index in [2.05, 4.69) is 27.1 Å². The normalized spacial score (nSPS) is 11.2. The SMILES string of the molecule is CCNC(=NCCc1ccccn1)N(C)CCOc1ccccc1. The average Bonchev–Trinajstić information content (AvgIpc) is 2.63. The molecule has 24 heavy (non-hydrogen) atoms. The first-order chi connectivity index (χ1) is 11.8. The van der Waals surface area contributed by atoms with E-state index in [9.17, 15) is 0 Å². The average molecular weight is 326 g/mol. The number of nitrogens with zero attached hydrogens (tertiary/aromatic N) is 3. The van der Waals surface area contributed by atoms with Gasteiger partial charge in [-0.05, 0) is 31.2 Å². The van der Waals surface area contributed by atoms with Gasteiger partial charge in [0.1, 0.15) is 12.4 Å². The third-order valence-electron chi connectivity index (χ3n) is 3.49. The highest BCUT2D eigenvalue weighted by atomic mass is 16.5. The Balaban J connectivity index is 1.80. The van der Waals surface area contributed by atoms with Gasteiger partial charge < -0.3 is 15.0 Å². The number of aliphatic imine (C=N–C) groups is 1. The van der Waals surface area contributed by atoms with E-state index in [0.29, 0.717) is 13.2 Å². The van der Waals surface area contributed by atoms with Crippen molar-refractivity contribution in [3.8, 4) is 5.75 Å². The second-order valence-electron chi connectivity index (χ2n) is 5.39. The number of likely N-dealkylation sites (N-methyl/N-ethyl adjacent to an activating group) is 1. The van der Waals surface area contributed by atoms with Crippen molar-refractivity contribution in [2.45, 2.75) is 13.3 Å². The zero-order valence-corrected chi connectivity index (χ0v) is 14.5. The maximum atomic E-state index is 5.74. The lowest BCUT2D eigenvalue weighted by atomic mass is 10.3. The number of benzene rings is 1. The molecule has 1 aromatic heterocycles. The predicted molar refractivity (Wildman–Crippen MR) is 98.5 cm³/mol. The van der Waals surface area contributed by atoms with E-state index in [1.165, 1.54) is 0 Å². The Bertz CT molecular complexity index is 601. The van der Waals surface area contributed by atoms with Crippen molar-refractivity contribution in [2.24, 2.45) is 4.99 Å².